The van der Waals surface area contributed by atoms with Crippen molar-refractivity contribution in [3.63, 3.8) is 0 Å². The van der Waals surface area contributed by atoms with Gasteiger partial charge < -0.3 is 9.72 Å². The quantitative estimate of drug-likeness (QED) is 0.488. The van der Waals surface area contributed by atoms with E-state index in [1.807, 2.05) is 6.07 Å². The first-order valence-electron chi connectivity index (χ1n) is 6.92. The largest absolute Gasteiger partial charge is 0.465 e. The van der Waals surface area contributed by atoms with Gasteiger partial charge in [-0.15, -0.1) is 0 Å². The van der Waals surface area contributed by atoms with Crippen LogP contribution >= 0.6 is 27.7 Å². The van der Waals surface area contributed by atoms with E-state index in [-0.39, 0.29) is 5.56 Å². The number of hydrogen-bond acceptors (Lipinski definition) is 4. The van der Waals surface area contributed by atoms with Crippen LogP contribution in [0.25, 0.3) is 11.0 Å². The molecule has 0 radical (unpaired) electrons. The van der Waals surface area contributed by atoms with Gasteiger partial charge in [-0.3, -0.25) is 3.93 Å². The van der Waals surface area contributed by atoms with Crippen LogP contribution in [0.15, 0.2) is 36.7 Å². The molecule has 0 saturated heterocycles. The predicted molar refractivity (Wildman–Crippen MR) is 94.8 cm³/mol. The van der Waals surface area contributed by atoms with Gasteiger partial charge in [-0.05, 0) is 18.2 Å². The fourth-order valence-electron chi connectivity index (χ4n) is 2.47. The second-order valence-electron chi connectivity index (χ2n) is 4.92. The Morgan fingerprint density at radius 2 is 2.21 bits per heavy atom. The van der Waals surface area contributed by atoms with E-state index in [4.69, 9.17) is 16.3 Å². The van der Waals surface area contributed by atoms with Gasteiger partial charge in [-0.1, -0.05) is 23.7 Å². The predicted octanol–water partition coefficient (Wildman–Crippen LogP) is 4.92. The summed E-state index contributed by atoms with van der Waals surface area (Å²) < 4.78 is 19.8. The van der Waals surface area contributed by atoms with Crippen LogP contribution in [-0.2, 0) is 11.4 Å². The molecule has 0 bridgehead atoms. The maximum atomic E-state index is 13.3. The van der Waals surface area contributed by atoms with Crippen molar-refractivity contribution < 1.29 is 13.9 Å². The number of nitrogens with one attached hydrogen (secondary N) is 1. The van der Waals surface area contributed by atoms with Crippen LogP contribution in [0.4, 0.5) is 15.8 Å². The molecule has 5 nitrogen and oxygen atoms in total. The summed E-state index contributed by atoms with van der Waals surface area (Å²) in [6.07, 6.45) is 1.45. The van der Waals surface area contributed by atoms with Gasteiger partial charge in [0.15, 0.2) is 0 Å². The monoisotopic (exact) mass is 411 g/mol. The number of methoxy groups -OCH3 is 1. The van der Waals surface area contributed by atoms with Gasteiger partial charge in [0.2, 0.25) is 0 Å². The second-order valence-corrected chi connectivity index (χ2v) is 6.03. The fourth-order valence-corrected chi connectivity index (χ4v) is 3.47. The summed E-state index contributed by atoms with van der Waals surface area (Å²) in [6, 6.07) is 8.56. The highest BCUT2D eigenvalue weighted by Gasteiger charge is 2.25. The van der Waals surface area contributed by atoms with Crippen molar-refractivity contribution in [1.29, 1.82) is 0 Å². The third-order valence-corrected chi connectivity index (χ3v) is 4.62. The molecule has 3 aromatic rings. The molecule has 0 aliphatic rings. The lowest BCUT2D eigenvalue weighted by molar-refractivity contribution is 0.0602. The topological polar surface area (TPSA) is 58.2 Å². The number of H-pyrrole nitrogens is 1. The first kappa shape index (κ1) is 16.7. The van der Waals surface area contributed by atoms with Gasteiger partial charge >= 0.3 is 5.97 Å². The molecule has 1 aromatic heterocycles. The number of benzene rings is 2. The molecule has 0 spiro atoms. The minimum atomic E-state index is -0.750. The number of para-hydroxylation sites is 1. The maximum absolute atomic E-state index is 13.3. The van der Waals surface area contributed by atoms with E-state index in [0.717, 1.165) is 0 Å². The van der Waals surface area contributed by atoms with E-state index in [1.165, 1.54) is 19.5 Å². The molecule has 0 amide bonds. The molecule has 0 unspecified atom stereocenters. The summed E-state index contributed by atoms with van der Waals surface area (Å²) in [5, 5.41) is 0.479. The molecule has 0 aliphatic carbocycles. The Kier molecular flexibility index (Phi) is 4.73. The molecule has 124 valence electrons. The number of aromatic nitrogens is 2. The third-order valence-electron chi connectivity index (χ3n) is 3.56. The first-order chi connectivity index (χ1) is 11.6. The molecule has 0 fully saturated rings. The lowest BCUT2D eigenvalue weighted by atomic mass is 10.1. The van der Waals surface area contributed by atoms with Crippen molar-refractivity contribution in [3.05, 3.63) is 52.8 Å². The van der Waals surface area contributed by atoms with Gasteiger partial charge in [0.05, 0.1) is 62.6 Å². The number of carbonyl (C=O) groups is 1. The van der Waals surface area contributed by atoms with E-state index in [2.05, 4.69) is 26.1 Å². The number of aromatic amines is 1. The number of nitrogens with zero attached hydrogens (tertiary/aromatic N) is 2. The number of hydrogen-bond donors (Lipinski definition) is 1. The summed E-state index contributed by atoms with van der Waals surface area (Å²) >= 11 is 9.69. The van der Waals surface area contributed by atoms with Crippen molar-refractivity contribution in [1.82, 2.24) is 9.97 Å². The average molecular weight is 413 g/mol. The zero-order chi connectivity index (χ0) is 17.3. The van der Waals surface area contributed by atoms with Gasteiger partial charge in [-0.25, -0.2) is 14.2 Å². The van der Waals surface area contributed by atoms with E-state index < -0.39 is 12.6 Å². The van der Waals surface area contributed by atoms with Crippen LogP contribution in [0.3, 0.4) is 0 Å². The molecule has 0 aliphatic heterocycles. The highest BCUT2D eigenvalue weighted by Crippen LogP contribution is 2.41. The molecule has 24 heavy (non-hydrogen) atoms. The van der Waals surface area contributed by atoms with E-state index in [9.17, 15) is 9.18 Å². The van der Waals surface area contributed by atoms with Gasteiger partial charge in [0, 0.05) is 5.56 Å². The molecule has 2 aromatic carbocycles. The number of imidazole rings is 1. The van der Waals surface area contributed by atoms with E-state index in [1.54, 1.807) is 22.1 Å². The first-order valence-corrected chi connectivity index (χ1v) is 8.00. The second kappa shape index (κ2) is 6.78. The van der Waals surface area contributed by atoms with Crippen LogP contribution in [0.5, 0.6) is 0 Å². The number of halogens is 3. The number of ether oxygens (including phenoxy) is 1. The highest BCUT2D eigenvalue weighted by molar-refractivity contribution is 9.10. The minimum absolute atomic E-state index is 0.193. The normalized spacial score (nSPS) is 10.8. The van der Waals surface area contributed by atoms with Gasteiger partial charge in [0.1, 0.15) is 6.67 Å². The molecular weight excluding hydrogens is 401 g/mol. The Labute approximate surface area is 150 Å². The Balaban J connectivity index is 2.31. The van der Waals surface area contributed by atoms with Gasteiger partial charge in [-0.2, -0.15) is 0 Å². The summed E-state index contributed by atoms with van der Waals surface area (Å²) in [5.74, 6) is -0.590. The number of alkyl halides is 1. The van der Waals surface area contributed by atoms with Crippen LogP contribution in [0.2, 0.25) is 5.02 Å². The molecule has 1 N–H and O–H groups in total. The summed E-state index contributed by atoms with van der Waals surface area (Å²) in [4.78, 5) is 19.3. The standard InChI is InChI=1S/C16H12BrClFN3O2/c1-24-16(23)10-6-9(7-19)13-14(21-8-20-13)15(10)22(17)12-5-3-2-4-11(12)18/h2-6,8H,7H2,1H3,(H,20,21). The van der Waals surface area contributed by atoms with Crippen molar-refractivity contribution in [2.45, 2.75) is 6.67 Å². The van der Waals surface area contributed by atoms with Crippen molar-refractivity contribution >= 4 is 56.1 Å². The van der Waals surface area contributed by atoms with E-state index in [0.29, 0.717) is 33.0 Å². The van der Waals surface area contributed by atoms with Crippen molar-refractivity contribution in [2.24, 2.45) is 0 Å². The summed E-state index contributed by atoms with van der Waals surface area (Å²) in [5.41, 5.74) is 2.50. The lowest BCUT2D eigenvalue weighted by Gasteiger charge is -2.21. The minimum Gasteiger partial charge on any atom is -0.465 e. The molecule has 0 saturated carbocycles. The average Bonchev–Trinajstić information content (AvgIpc) is 3.09. The van der Waals surface area contributed by atoms with Crippen LogP contribution in [-0.4, -0.2) is 23.0 Å². The van der Waals surface area contributed by atoms with Crippen LogP contribution < -0.4 is 3.93 Å². The van der Waals surface area contributed by atoms with Crippen LogP contribution in [0, 0.1) is 0 Å². The van der Waals surface area contributed by atoms with Crippen LogP contribution in [0.1, 0.15) is 15.9 Å². The Hall–Kier alpha value is -2.12. The van der Waals surface area contributed by atoms with Crippen molar-refractivity contribution in [2.75, 3.05) is 11.0 Å². The summed E-state index contributed by atoms with van der Waals surface area (Å²) in [6.45, 7) is -0.750. The maximum Gasteiger partial charge on any atom is 0.340 e. The smallest absolute Gasteiger partial charge is 0.340 e. The Morgan fingerprint density at radius 3 is 2.88 bits per heavy atom. The Bertz CT molecular complexity index is 915. The number of rotatable bonds is 4. The number of esters is 1. The molecule has 0 atom stereocenters. The molecule has 8 heteroatoms. The van der Waals surface area contributed by atoms with E-state index >= 15 is 0 Å². The zero-order valence-electron chi connectivity index (χ0n) is 12.5. The molecule has 1 heterocycles. The van der Waals surface area contributed by atoms with Gasteiger partial charge in [0.25, 0.3) is 0 Å². The number of anilines is 2. The SMILES string of the molecule is COC(=O)c1cc(CF)c2nc[nH]c2c1N(Br)c1ccccc1Cl. The molecule has 3 rings (SSSR count). The Morgan fingerprint density at radius 1 is 1.46 bits per heavy atom. The fraction of sp³-hybridized carbons (Fsp3) is 0.125. The number of fused-ring (bicyclic) bond motifs is 1. The third kappa shape index (κ3) is 2.74. The zero-order valence-corrected chi connectivity index (χ0v) is 14.9. The molecular formula is C16H12BrClFN3O2. The number of carbonyl (C=O) groups excluding carboxylic acids is 1. The summed E-state index contributed by atoms with van der Waals surface area (Å²) in [7, 11) is 1.27. The lowest BCUT2D eigenvalue weighted by Crippen LogP contribution is -2.12. The highest BCUT2D eigenvalue weighted by atomic mass is 79.9. The van der Waals surface area contributed by atoms with Crippen molar-refractivity contribution in [3.8, 4) is 0 Å².